The number of allylic oxidation sites excluding steroid dienone is 2. The van der Waals surface area contributed by atoms with Crippen LogP contribution in [-0.4, -0.2) is 5.92 Å². The van der Waals surface area contributed by atoms with Crippen molar-refractivity contribution in [1.82, 2.24) is 0 Å². The van der Waals surface area contributed by atoms with Crippen LogP contribution in [0.3, 0.4) is 0 Å². The number of benzene rings is 14. The summed E-state index contributed by atoms with van der Waals surface area (Å²) in [5.74, 6) is -2.15. The molecule has 403 valence electrons. The van der Waals surface area contributed by atoms with E-state index in [-0.39, 0.29) is 7.25 Å². The van der Waals surface area contributed by atoms with Gasteiger partial charge in [-0.2, -0.15) is 0 Å². The van der Waals surface area contributed by atoms with Crippen molar-refractivity contribution in [2.24, 2.45) is 0 Å². The maximum absolute atomic E-state index is 9.87. The van der Waals surface area contributed by atoms with Gasteiger partial charge in [0.1, 0.15) is 0 Å². The number of hydrogen-bond donors (Lipinski definition) is 0. The summed E-state index contributed by atoms with van der Waals surface area (Å²) in [6.45, 7) is 9.80. The fourth-order valence-electron chi connectivity index (χ4n) is 15.9. The zero-order valence-electron chi connectivity index (χ0n) is 47.7. The van der Waals surface area contributed by atoms with Gasteiger partial charge in [0.2, 0.25) is 0 Å². The first-order valence-electron chi connectivity index (χ1n) is 30.1. The zero-order chi connectivity index (χ0) is 56.6. The van der Waals surface area contributed by atoms with Crippen molar-refractivity contribution in [3.8, 4) is 44.5 Å². The minimum atomic E-state index is -5.79. The molecule has 0 radical (unpaired) electrons. The molecule has 0 bridgehead atoms. The fraction of sp³-hybridized carbons (Fsp3) is 0.100. The third kappa shape index (κ3) is 7.53. The molecule has 0 saturated carbocycles. The Morgan fingerprint density at radius 2 is 0.524 bits per heavy atom. The molecule has 0 N–H and O–H groups in total. The van der Waals surface area contributed by atoms with Crippen molar-refractivity contribution in [2.75, 3.05) is 0 Å². The monoisotopic (exact) mass is 1210 g/mol. The topological polar surface area (TPSA) is 0 Å². The Morgan fingerprint density at radius 3 is 0.750 bits per heavy atom. The Kier molecular flexibility index (Phi) is 12.2. The molecule has 0 spiro atoms. The molecule has 0 heterocycles. The van der Waals surface area contributed by atoms with Gasteiger partial charge in [0, 0.05) is 0 Å². The summed E-state index contributed by atoms with van der Waals surface area (Å²) in [7, 11) is 19.7. The van der Waals surface area contributed by atoms with Crippen LogP contribution in [0, 0.1) is 0 Å². The Hall–Kier alpha value is -7.68. The minimum absolute atomic E-state index is 0.208. The summed E-state index contributed by atoms with van der Waals surface area (Å²) in [5, 5.41) is 19.8. The third-order valence-corrected chi connectivity index (χ3v) is 71.5. The molecule has 0 saturated heterocycles. The molecule has 0 nitrogen and oxygen atoms in total. The number of hydrogen-bond acceptors (Lipinski definition) is 0. The van der Waals surface area contributed by atoms with Crippen molar-refractivity contribution in [3.05, 3.63) is 276 Å². The number of halogens is 2. The Bertz CT molecular complexity index is 4680. The van der Waals surface area contributed by atoms with Gasteiger partial charge in [0.05, 0.1) is 0 Å². The molecule has 14 aromatic carbocycles. The van der Waals surface area contributed by atoms with Crippen molar-refractivity contribution >= 4 is 121 Å². The van der Waals surface area contributed by atoms with Crippen molar-refractivity contribution in [3.63, 3.8) is 0 Å². The zero-order valence-corrected chi connectivity index (χ0v) is 52.8. The normalized spacial score (nSPS) is 15.6. The molecule has 0 fully saturated rings. The fourth-order valence-corrected chi connectivity index (χ4v) is 47.4. The van der Waals surface area contributed by atoms with Gasteiger partial charge in [-0.25, -0.2) is 0 Å². The SMILES string of the molecule is CCC1=Cc2c(-c3c4ccccc4cc4ccccc34)ccc(-c3c4ccccc4cc4ccccc34)c2[CH]1[Zr]([Cl])([Cl])([CH]1C(CC)=Cc2c(-c3c4ccccc4cc4ccccc34)ccc(-c3c4ccccc4cc4ccccc34)c21)[SiH](C)C. The van der Waals surface area contributed by atoms with E-state index in [1.807, 2.05) is 0 Å². The van der Waals surface area contributed by atoms with Gasteiger partial charge in [-0.05, 0) is 0 Å². The molecular formula is C80H61Cl2SiZr. The van der Waals surface area contributed by atoms with Crippen LogP contribution in [0.4, 0.5) is 0 Å². The molecule has 16 rings (SSSR count). The van der Waals surface area contributed by atoms with E-state index in [1.165, 1.54) is 164 Å². The standard InChI is InChI=1S/2C39H27.C2H7Si.2ClH.Zr/c2*1-2-25-21-36-34(38-30-15-7-3-11-26(30)23-27-12-4-8-16-31(27)38)19-20-35(37(36)22-25)39-32-17-9-5-13-28(32)24-29-14-6-10-18-33(29)39;1-3-2;;;/h2*3-24H,2H2,1H3;3H,1-2H3;2*1H;/q;;;;;+2/p-2. The van der Waals surface area contributed by atoms with Gasteiger partial charge >= 0.3 is 504 Å². The van der Waals surface area contributed by atoms with Crippen LogP contribution in [-0.2, 0) is 15.6 Å². The molecule has 0 aliphatic heterocycles. The van der Waals surface area contributed by atoms with E-state index in [9.17, 15) is 17.0 Å². The van der Waals surface area contributed by atoms with E-state index in [0.717, 1.165) is 12.8 Å². The second-order valence-corrected chi connectivity index (χ2v) is 66.7. The van der Waals surface area contributed by atoms with Crippen LogP contribution in [0.25, 0.3) is 143 Å². The molecular weight excluding hydrogens is 1150 g/mol. The average molecular weight is 1210 g/mol. The van der Waals surface area contributed by atoms with Crippen LogP contribution in [0.5, 0.6) is 0 Å². The predicted octanol–water partition coefficient (Wildman–Crippen LogP) is 24.0. The van der Waals surface area contributed by atoms with E-state index in [4.69, 9.17) is 0 Å². The van der Waals surface area contributed by atoms with E-state index >= 15 is 0 Å². The quantitative estimate of drug-likeness (QED) is 0.0998. The van der Waals surface area contributed by atoms with Crippen LogP contribution < -0.4 is 0 Å². The second kappa shape index (κ2) is 19.7. The van der Waals surface area contributed by atoms with Crippen molar-refractivity contribution in [2.45, 2.75) is 47.0 Å². The average Bonchev–Trinajstić information content (AvgIpc) is 1.46. The van der Waals surface area contributed by atoms with Gasteiger partial charge in [-0.15, -0.1) is 0 Å². The summed E-state index contributed by atoms with van der Waals surface area (Å²) in [4.78, 5) is 0. The van der Waals surface area contributed by atoms with Crippen molar-refractivity contribution < 1.29 is 15.6 Å². The molecule has 0 amide bonds. The van der Waals surface area contributed by atoms with Crippen LogP contribution in [0.1, 0.15) is 56.2 Å². The summed E-state index contributed by atoms with van der Waals surface area (Å²) >= 11 is -5.79. The molecule has 2 aliphatic carbocycles. The Morgan fingerprint density at radius 1 is 0.310 bits per heavy atom. The second-order valence-electron chi connectivity index (χ2n) is 24.1. The van der Waals surface area contributed by atoms with Crippen molar-refractivity contribution in [1.29, 1.82) is 0 Å². The maximum atomic E-state index is 9.87. The molecule has 0 aromatic heterocycles. The molecule has 2 atom stereocenters. The number of rotatable bonds is 9. The summed E-state index contributed by atoms with van der Waals surface area (Å²) < 4.78 is -0.416. The molecule has 2 unspecified atom stereocenters. The van der Waals surface area contributed by atoms with Gasteiger partial charge in [0.15, 0.2) is 0 Å². The van der Waals surface area contributed by atoms with E-state index < -0.39 is 21.5 Å². The van der Waals surface area contributed by atoms with E-state index in [2.05, 4.69) is 282 Å². The van der Waals surface area contributed by atoms with E-state index in [1.54, 1.807) is 0 Å². The first-order chi connectivity index (χ1) is 41.1. The predicted molar refractivity (Wildman–Crippen MR) is 367 cm³/mol. The van der Waals surface area contributed by atoms with Gasteiger partial charge < -0.3 is 0 Å². The Balaban J connectivity index is 1.07. The molecule has 14 aromatic rings. The Labute approximate surface area is 500 Å². The summed E-state index contributed by atoms with van der Waals surface area (Å²) in [6, 6.07) is 91.3. The first-order valence-corrected chi connectivity index (χ1v) is 46.4. The first kappa shape index (κ1) is 51.9. The number of fused-ring (bicyclic) bond motifs is 10. The van der Waals surface area contributed by atoms with Gasteiger partial charge in [-0.1, -0.05) is 0 Å². The van der Waals surface area contributed by atoms with Crippen LogP contribution in [0.15, 0.2) is 254 Å². The van der Waals surface area contributed by atoms with Gasteiger partial charge in [0.25, 0.3) is 0 Å². The van der Waals surface area contributed by atoms with Crippen LogP contribution in [0.2, 0.25) is 13.1 Å². The van der Waals surface area contributed by atoms with Crippen LogP contribution >= 0.6 is 17.0 Å². The van der Waals surface area contributed by atoms with Gasteiger partial charge in [-0.3, -0.25) is 0 Å². The summed E-state index contributed by atoms with van der Waals surface area (Å²) in [5.41, 5.74) is 17.9. The third-order valence-electron chi connectivity index (χ3n) is 19.7. The summed E-state index contributed by atoms with van der Waals surface area (Å²) in [6.07, 6.45) is 6.84. The molecule has 84 heavy (non-hydrogen) atoms. The molecule has 2 aliphatic rings. The molecule has 4 heteroatoms. The van der Waals surface area contributed by atoms with E-state index in [0.29, 0.717) is 0 Å².